The number of ether oxygens (including phenoxy) is 2. The van der Waals surface area contributed by atoms with E-state index in [1.54, 1.807) is 17.0 Å². The molecular formula is C31H24N4O6. The smallest absolute Gasteiger partial charge is 0.289 e. The van der Waals surface area contributed by atoms with E-state index in [9.17, 15) is 9.59 Å². The van der Waals surface area contributed by atoms with Crippen molar-refractivity contribution in [2.24, 2.45) is 0 Å². The summed E-state index contributed by atoms with van der Waals surface area (Å²) < 4.78 is 22.7. The molecule has 41 heavy (non-hydrogen) atoms. The molecule has 1 saturated heterocycles. The molecule has 5 aromatic rings. The summed E-state index contributed by atoms with van der Waals surface area (Å²) in [6.07, 6.45) is 1.50. The zero-order chi connectivity index (χ0) is 27.5. The van der Waals surface area contributed by atoms with Crippen LogP contribution in [0.1, 0.15) is 26.5 Å². The topological polar surface area (TPSA) is 110 Å². The molecule has 2 aromatic heterocycles. The van der Waals surface area contributed by atoms with Gasteiger partial charge in [0.05, 0.1) is 28.6 Å². The summed E-state index contributed by atoms with van der Waals surface area (Å²) in [6, 6.07) is 18.4. The minimum Gasteiger partial charge on any atom is -0.486 e. The van der Waals surface area contributed by atoms with Crippen LogP contribution in [-0.4, -0.2) is 61.1 Å². The molecule has 204 valence electrons. The fourth-order valence-corrected chi connectivity index (χ4v) is 5.87. The van der Waals surface area contributed by atoms with Gasteiger partial charge in [0, 0.05) is 49.1 Å². The largest absolute Gasteiger partial charge is 0.486 e. The zero-order valence-corrected chi connectivity index (χ0v) is 21.9. The van der Waals surface area contributed by atoms with Crippen LogP contribution in [-0.2, 0) is 0 Å². The summed E-state index contributed by atoms with van der Waals surface area (Å²) in [6.45, 7) is 3.18. The molecule has 10 nitrogen and oxygen atoms in total. The van der Waals surface area contributed by atoms with Crippen LogP contribution in [0.5, 0.6) is 11.5 Å². The maximum atomic E-state index is 13.9. The van der Waals surface area contributed by atoms with Gasteiger partial charge in [-0.1, -0.05) is 29.4 Å². The number of fused-ring (bicyclic) bond motifs is 3. The number of nitrogens with zero attached hydrogens (tertiary/aromatic N) is 3. The molecule has 1 aliphatic carbocycles. The lowest BCUT2D eigenvalue weighted by Crippen LogP contribution is -2.48. The summed E-state index contributed by atoms with van der Waals surface area (Å²) in [5.41, 5.74) is 4.66. The number of hydrogen-bond donors (Lipinski definition) is 1. The first-order chi connectivity index (χ1) is 20.2. The molecule has 0 bridgehead atoms. The maximum Gasteiger partial charge on any atom is 0.289 e. The monoisotopic (exact) mass is 548 g/mol. The first-order valence-corrected chi connectivity index (χ1v) is 13.5. The lowest BCUT2D eigenvalue weighted by Gasteiger charge is -2.36. The Morgan fingerprint density at radius 3 is 2.49 bits per heavy atom. The third-order valence-corrected chi connectivity index (χ3v) is 7.84. The summed E-state index contributed by atoms with van der Waals surface area (Å²) in [4.78, 5) is 30.7. The van der Waals surface area contributed by atoms with Crippen molar-refractivity contribution in [2.45, 2.75) is 0 Å². The fourth-order valence-electron chi connectivity index (χ4n) is 5.87. The third kappa shape index (κ3) is 3.75. The van der Waals surface area contributed by atoms with E-state index in [0.717, 1.165) is 16.9 Å². The SMILES string of the molecule is O=C1c2ccccc2-c2onc3c(N4CCN(C(=O)c5ccco5)CC4)cc(Nc4ccc5c(c4)OCCO5)c1c23. The minimum atomic E-state index is -0.128. The van der Waals surface area contributed by atoms with Gasteiger partial charge in [0.15, 0.2) is 28.8 Å². The average Bonchev–Trinajstić information content (AvgIpc) is 3.71. The number of hydrogen-bond acceptors (Lipinski definition) is 9. The quantitative estimate of drug-likeness (QED) is 0.321. The standard InChI is InChI=1S/C31H24N4O6/c36-29-19-4-1-2-5-20(19)30-27-26(29)21(32-18-7-8-23-25(16-18)40-15-14-39-23)17-22(28(27)33-41-30)34-9-11-35(12-10-34)31(37)24-6-3-13-38-24/h1-8,13,16-17,32H,9-12,14-15H2. The fraction of sp³-hybridized carbons (Fsp3) is 0.194. The Labute approximate surface area is 234 Å². The van der Waals surface area contributed by atoms with Crippen molar-refractivity contribution in [3.8, 4) is 22.8 Å². The number of rotatable bonds is 4. The number of benzene rings is 3. The number of furan rings is 1. The van der Waals surface area contributed by atoms with Crippen molar-refractivity contribution < 1.29 is 28.0 Å². The number of piperazine rings is 1. The van der Waals surface area contributed by atoms with Crippen molar-refractivity contribution >= 4 is 39.7 Å². The molecule has 8 rings (SSSR count). The maximum absolute atomic E-state index is 13.9. The number of amides is 1. The molecule has 0 spiro atoms. The zero-order valence-electron chi connectivity index (χ0n) is 21.9. The second kappa shape index (κ2) is 9.16. The van der Waals surface area contributed by atoms with Crippen LogP contribution in [0.25, 0.3) is 22.2 Å². The van der Waals surface area contributed by atoms with E-state index in [2.05, 4.69) is 15.4 Å². The van der Waals surface area contributed by atoms with Crippen LogP contribution in [0.2, 0.25) is 0 Å². The van der Waals surface area contributed by atoms with Crippen molar-refractivity contribution in [3.63, 3.8) is 0 Å². The van der Waals surface area contributed by atoms with Gasteiger partial charge in [-0.05, 0) is 30.3 Å². The van der Waals surface area contributed by atoms with Crippen molar-refractivity contribution in [2.75, 3.05) is 49.6 Å². The number of aromatic nitrogens is 1. The molecule has 0 atom stereocenters. The molecule has 0 unspecified atom stereocenters. The van der Waals surface area contributed by atoms with E-state index in [-0.39, 0.29) is 11.7 Å². The first-order valence-electron chi connectivity index (χ1n) is 13.5. The molecule has 0 radical (unpaired) electrons. The van der Waals surface area contributed by atoms with Gasteiger partial charge in [-0.2, -0.15) is 0 Å². The van der Waals surface area contributed by atoms with Gasteiger partial charge in [0.1, 0.15) is 18.7 Å². The van der Waals surface area contributed by atoms with E-state index < -0.39 is 0 Å². The van der Waals surface area contributed by atoms with Crippen LogP contribution < -0.4 is 19.7 Å². The van der Waals surface area contributed by atoms with Crippen molar-refractivity contribution in [1.29, 1.82) is 0 Å². The van der Waals surface area contributed by atoms with Crippen LogP contribution >= 0.6 is 0 Å². The lowest BCUT2D eigenvalue weighted by atomic mass is 9.86. The summed E-state index contributed by atoms with van der Waals surface area (Å²) in [5, 5.41) is 8.62. The molecular weight excluding hydrogens is 524 g/mol. The minimum absolute atomic E-state index is 0.0956. The van der Waals surface area contributed by atoms with Crippen molar-refractivity contribution in [1.82, 2.24) is 10.1 Å². The van der Waals surface area contributed by atoms with Gasteiger partial charge in [-0.15, -0.1) is 0 Å². The second-order valence-corrected chi connectivity index (χ2v) is 10.2. The molecule has 4 heterocycles. The van der Waals surface area contributed by atoms with E-state index in [1.165, 1.54) is 6.26 Å². The van der Waals surface area contributed by atoms with E-state index in [0.29, 0.717) is 90.1 Å². The Kier molecular flexibility index (Phi) is 5.28. The van der Waals surface area contributed by atoms with E-state index in [4.69, 9.17) is 18.4 Å². The van der Waals surface area contributed by atoms with Crippen molar-refractivity contribution in [3.05, 3.63) is 83.8 Å². The highest BCUT2D eigenvalue weighted by atomic mass is 16.6. The highest BCUT2D eigenvalue weighted by Crippen LogP contribution is 2.47. The Bertz CT molecular complexity index is 1840. The van der Waals surface area contributed by atoms with E-state index in [1.807, 2.05) is 48.5 Å². The Hall–Kier alpha value is -5.25. The van der Waals surface area contributed by atoms with Gasteiger partial charge in [0.2, 0.25) is 0 Å². The van der Waals surface area contributed by atoms with Crippen LogP contribution in [0, 0.1) is 0 Å². The summed E-state index contributed by atoms with van der Waals surface area (Å²) >= 11 is 0. The number of anilines is 3. The number of ketones is 1. The van der Waals surface area contributed by atoms with E-state index >= 15 is 0 Å². The van der Waals surface area contributed by atoms with Crippen LogP contribution in [0.3, 0.4) is 0 Å². The van der Waals surface area contributed by atoms with Gasteiger partial charge in [0.25, 0.3) is 5.91 Å². The Morgan fingerprint density at radius 1 is 0.878 bits per heavy atom. The van der Waals surface area contributed by atoms with Gasteiger partial charge in [-0.3, -0.25) is 9.59 Å². The number of carbonyl (C=O) groups excluding carboxylic acids is 2. The Balaban J connectivity index is 1.21. The summed E-state index contributed by atoms with van der Waals surface area (Å²) in [5.74, 6) is 2.02. The first kappa shape index (κ1) is 23.6. The molecule has 1 fully saturated rings. The summed E-state index contributed by atoms with van der Waals surface area (Å²) in [7, 11) is 0. The molecule has 10 heteroatoms. The second-order valence-electron chi connectivity index (χ2n) is 10.2. The number of nitrogens with one attached hydrogen (secondary N) is 1. The molecule has 3 aromatic carbocycles. The lowest BCUT2D eigenvalue weighted by molar-refractivity contribution is 0.0714. The molecule has 1 N–H and O–H groups in total. The molecule has 2 aliphatic heterocycles. The number of carbonyl (C=O) groups is 2. The Morgan fingerprint density at radius 2 is 1.68 bits per heavy atom. The predicted octanol–water partition coefficient (Wildman–Crippen LogP) is 5.11. The highest BCUT2D eigenvalue weighted by molar-refractivity contribution is 6.28. The molecule has 1 amide bonds. The molecule has 0 saturated carbocycles. The average molecular weight is 549 g/mol. The van der Waals surface area contributed by atoms with Gasteiger partial charge < -0.3 is 33.5 Å². The normalized spacial score (nSPS) is 15.7. The van der Waals surface area contributed by atoms with Crippen LogP contribution in [0.4, 0.5) is 17.1 Å². The van der Waals surface area contributed by atoms with Gasteiger partial charge in [-0.25, -0.2) is 0 Å². The van der Waals surface area contributed by atoms with Crippen LogP contribution in [0.15, 0.2) is 75.9 Å². The molecule has 3 aliphatic rings. The highest BCUT2D eigenvalue weighted by Gasteiger charge is 2.34. The predicted molar refractivity (Wildman–Crippen MR) is 150 cm³/mol. The third-order valence-electron chi connectivity index (χ3n) is 7.84. The van der Waals surface area contributed by atoms with Gasteiger partial charge >= 0.3 is 0 Å².